The van der Waals surface area contributed by atoms with Crippen LogP contribution in [0.25, 0.3) is 5.57 Å². The lowest BCUT2D eigenvalue weighted by atomic mass is 9.79. The van der Waals surface area contributed by atoms with Crippen LogP contribution in [-0.2, 0) is 12.8 Å². The van der Waals surface area contributed by atoms with Gasteiger partial charge in [0.05, 0.1) is 11.4 Å². The molecule has 0 radical (unpaired) electrons. The van der Waals surface area contributed by atoms with Crippen molar-refractivity contribution < 1.29 is 0 Å². The summed E-state index contributed by atoms with van der Waals surface area (Å²) >= 11 is 0. The number of rotatable bonds is 6. The van der Waals surface area contributed by atoms with Gasteiger partial charge in [0.1, 0.15) is 0 Å². The number of nitrogens with one attached hydrogen (secondary N) is 2. The standard InChI is InChI=1S/C26H24N2/c27-25-23-14-8-7-13-21(23)22(17-15-19-9-3-1-4-10-19)24(26(25)28)18-16-20-11-5-2-6-12-20/h1-14,27-28H,15-18H2. The van der Waals surface area contributed by atoms with E-state index in [4.69, 9.17) is 10.8 Å². The molecule has 2 heteroatoms. The van der Waals surface area contributed by atoms with Crippen molar-refractivity contribution in [1.29, 1.82) is 10.8 Å². The van der Waals surface area contributed by atoms with E-state index in [0.29, 0.717) is 11.4 Å². The number of allylic oxidation sites excluding steroid dienone is 2. The summed E-state index contributed by atoms with van der Waals surface area (Å²) in [7, 11) is 0. The molecule has 3 aromatic carbocycles. The molecule has 28 heavy (non-hydrogen) atoms. The molecule has 0 saturated heterocycles. The SMILES string of the molecule is N=C1C(=N)c2ccccc2C(CCc2ccccc2)=C1CCc1ccccc1. The Balaban J connectivity index is 1.69. The van der Waals surface area contributed by atoms with Crippen molar-refractivity contribution in [3.05, 3.63) is 113 Å². The van der Waals surface area contributed by atoms with E-state index in [2.05, 4.69) is 54.6 Å². The predicted octanol–water partition coefficient (Wildman–Crippen LogP) is 6.11. The fraction of sp³-hybridized carbons (Fsp3) is 0.154. The Morgan fingerprint density at radius 3 is 1.46 bits per heavy atom. The number of aryl methyl sites for hydroxylation is 2. The average Bonchev–Trinajstić information content (AvgIpc) is 2.76. The van der Waals surface area contributed by atoms with Crippen LogP contribution in [-0.4, -0.2) is 11.4 Å². The van der Waals surface area contributed by atoms with Crippen LogP contribution in [0.4, 0.5) is 0 Å². The molecule has 0 fully saturated rings. The molecule has 0 heterocycles. The molecule has 0 bridgehead atoms. The Kier molecular flexibility index (Phi) is 5.29. The van der Waals surface area contributed by atoms with Crippen LogP contribution >= 0.6 is 0 Å². The van der Waals surface area contributed by atoms with Crippen LogP contribution in [0.5, 0.6) is 0 Å². The lowest BCUT2D eigenvalue weighted by molar-refractivity contribution is 0.949. The molecule has 4 rings (SSSR count). The number of hydrogen-bond donors (Lipinski definition) is 2. The number of hydrogen-bond acceptors (Lipinski definition) is 2. The molecule has 138 valence electrons. The Morgan fingerprint density at radius 2 is 0.893 bits per heavy atom. The zero-order chi connectivity index (χ0) is 19.3. The van der Waals surface area contributed by atoms with E-state index in [1.165, 1.54) is 16.7 Å². The van der Waals surface area contributed by atoms with Gasteiger partial charge in [-0.25, -0.2) is 0 Å². The van der Waals surface area contributed by atoms with Gasteiger partial charge >= 0.3 is 0 Å². The minimum absolute atomic E-state index is 0.349. The molecule has 0 atom stereocenters. The molecule has 1 aliphatic carbocycles. The van der Waals surface area contributed by atoms with E-state index in [9.17, 15) is 0 Å². The van der Waals surface area contributed by atoms with Gasteiger partial charge in [-0.3, -0.25) is 10.8 Å². The first kappa shape index (κ1) is 18.1. The summed E-state index contributed by atoms with van der Waals surface area (Å²) in [4.78, 5) is 0. The Bertz CT molecular complexity index is 1030. The Labute approximate surface area is 166 Å². The van der Waals surface area contributed by atoms with Crippen molar-refractivity contribution in [2.45, 2.75) is 25.7 Å². The summed E-state index contributed by atoms with van der Waals surface area (Å²) in [5.74, 6) is 0. The van der Waals surface area contributed by atoms with Crippen LogP contribution in [0.2, 0.25) is 0 Å². The minimum Gasteiger partial charge on any atom is -0.298 e. The molecule has 0 aromatic heterocycles. The van der Waals surface area contributed by atoms with Gasteiger partial charge in [0, 0.05) is 5.56 Å². The van der Waals surface area contributed by atoms with Gasteiger partial charge in [0.2, 0.25) is 0 Å². The first-order valence-electron chi connectivity index (χ1n) is 9.81. The lowest BCUT2D eigenvalue weighted by Gasteiger charge is -2.25. The maximum atomic E-state index is 8.68. The maximum Gasteiger partial charge on any atom is 0.0870 e. The smallest absolute Gasteiger partial charge is 0.0870 e. The van der Waals surface area contributed by atoms with Gasteiger partial charge in [-0.05, 0) is 53.5 Å². The summed E-state index contributed by atoms with van der Waals surface area (Å²) in [6.45, 7) is 0. The van der Waals surface area contributed by atoms with Crippen LogP contribution in [0.1, 0.15) is 35.1 Å². The highest BCUT2D eigenvalue weighted by Crippen LogP contribution is 2.35. The van der Waals surface area contributed by atoms with Crippen LogP contribution in [0.3, 0.4) is 0 Å². The van der Waals surface area contributed by atoms with Crippen molar-refractivity contribution in [2.75, 3.05) is 0 Å². The fourth-order valence-corrected chi connectivity index (χ4v) is 3.95. The number of fused-ring (bicyclic) bond motifs is 1. The van der Waals surface area contributed by atoms with Crippen LogP contribution in [0, 0.1) is 10.8 Å². The van der Waals surface area contributed by atoms with Gasteiger partial charge < -0.3 is 0 Å². The van der Waals surface area contributed by atoms with Crippen molar-refractivity contribution in [3.8, 4) is 0 Å². The number of benzene rings is 3. The largest absolute Gasteiger partial charge is 0.298 e. The third-order valence-corrected chi connectivity index (χ3v) is 5.45. The highest BCUT2D eigenvalue weighted by atomic mass is 14.6. The van der Waals surface area contributed by atoms with Gasteiger partial charge in [-0.1, -0.05) is 84.9 Å². The van der Waals surface area contributed by atoms with Gasteiger partial charge in [-0.15, -0.1) is 0 Å². The average molecular weight is 364 g/mol. The minimum atomic E-state index is 0.349. The molecule has 0 unspecified atom stereocenters. The highest BCUT2D eigenvalue weighted by Gasteiger charge is 2.26. The van der Waals surface area contributed by atoms with E-state index < -0.39 is 0 Å². The Morgan fingerprint density at radius 1 is 0.429 bits per heavy atom. The molecule has 2 nitrogen and oxygen atoms in total. The zero-order valence-corrected chi connectivity index (χ0v) is 15.9. The highest BCUT2D eigenvalue weighted by molar-refractivity contribution is 6.54. The van der Waals surface area contributed by atoms with Crippen molar-refractivity contribution in [2.24, 2.45) is 0 Å². The normalized spacial score (nSPS) is 13.6. The van der Waals surface area contributed by atoms with Crippen molar-refractivity contribution in [3.63, 3.8) is 0 Å². The van der Waals surface area contributed by atoms with E-state index in [1.807, 2.05) is 30.3 Å². The summed E-state index contributed by atoms with van der Waals surface area (Å²) in [5.41, 5.74) is 7.60. The third kappa shape index (κ3) is 3.72. The molecule has 1 aliphatic rings. The lowest BCUT2D eigenvalue weighted by Crippen LogP contribution is -2.24. The van der Waals surface area contributed by atoms with Gasteiger partial charge in [0.15, 0.2) is 0 Å². The molecule has 2 N–H and O–H groups in total. The van der Waals surface area contributed by atoms with Crippen LogP contribution < -0.4 is 0 Å². The topological polar surface area (TPSA) is 47.7 Å². The second-order valence-electron chi connectivity index (χ2n) is 7.22. The van der Waals surface area contributed by atoms with Gasteiger partial charge in [-0.2, -0.15) is 0 Å². The van der Waals surface area contributed by atoms with E-state index in [-0.39, 0.29) is 0 Å². The van der Waals surface area contributed by atoms with Crippen molar-refractivity contribution >= 4 is 17.0 Å². The Hall–Kier alpha value is -3.26. The van der Waals surface area contributed by atoms with E-state index in [0.717, 1.165) is 42.4 Å². The maximum absolute atomic E-state index is 8.68. The summed E-state index contributed by atoms with van der Waals surface area (Å²) in [6.07, 6.45) is 3.52. The third-order valence-electron chi connectivity index (χ3n) is 5.45. The second kappa shape index (κ2) is 8.18. The molecule has 0 aliphatic heterocycles. The van der Waals surface area contributed by atoms with Crippen molar-refractivity contribution in [1.82, 2.24) is 0 Å². The molecular weight excluding hydrogens is 340 g/mol. The fourth-order valence-electron chi connectivity index (χ4n) is 3.95. The first-order chi connectivity index (χ1) is 13.7. The second-order valence-corrected chi connectivity index (χ2v) is 7.22. The predicted molar refractivity (Wildman–Crippen MR) is 117 cm³/mol. The quantitative estimate of drug-likeness (QED) is 0.530. The molecular formula is C26H24N2. The van der Waals surface area contributed by atoms with Gasteiger partial charge in [0.25, 0.3) is 0 Å². The molecule has 0 amide bonds. The molecule has 0 spiro atoms. The van der Waals surface area contributed by atoms with E-state index >= 15 is 0 Å². The summed E-state index contributed by atoms with van der Waals surface area (Å²) in [5, 5.41) is 17.2. The van der Waals surface area contributed by atoms with E-state index in [1.54, 1.807) is 0 Å². The summed E-state index contributed by atoms with van der Waals surface area (Å²) in [6, 6.07) is 29.0. The molecule has 0 saturated carbocycles. The first-order valence-corrected chi connectivity index (χ1v) is 9.81. The monoisotopic (exact) mass is 364 g/mol. The zero-order valence-electron chi connectivity index (χ0n) is 15.9. The summed E-state index contributed by atoms with van der Waals surface area (Å²) < 4.78 is 0. The van der Waals surface area contributed by atoms with Crippen LogP contribution in [0.15, 0.2) is 90.5 Å². The molecule has 3 aromatic rings.